The fourth-order valence-corrected chi connectivity index (χ4v) is 1.81. The van der Waals surface area contributed by atoms with Gasteiger partial charge < -0.3 is 10.4 Å². The van der Waals surface area contributed by atoms with E-state index in [9.17, 15) is 9.90 Å². The molecule has 1 aromatic heterocycles. The average molecular weight is 245 g/mol. The summed E-state index contributed by atoms with van der Waals surface area (Å²) < 4.78 is 1.65. The molecule has 1 heterocycles. The fraction of sp³-hybridized carbons (Fsp3) is 0.231. The predicted octanol–water partition coefficient (Wildman–Crippen LogP) is 1.99. The molecule has 0 aliphatic rings. The Hall–Kier alpha value is -2.30. The van der Waals surface area contributed by atoms with Crippen molar-refractivity contribution < 1.29 is 9.90 Å². The van der Waals surface area contributed by atoms with Crippen LogP contribution in [0.2, 0.25) is 0 Å². The number of phenolic OH excluding ortho intramolecular Hbond substituents is 1. The Labute approximate surface area is 105 Å². The van der Waals surface area contributed by atoms with Gasteiger partial charge in [-0.2, -0.15) is 5.10 Å². The minimum absolute atomic E-state index is 0.154. The zero-order valence-electron chi connectivity index (χ0n) is 10.6. The second-order valence-electron chi connectivity index (χ2n) is 4.26. The lowest BCUT2D eigenvalue weighted by Crippen LogP contribution is -2.13. The summed E-state index contributed by atoms with van der Waals surface area (Å²) in [4.78, 5) is 12.1. The number of carbonyl (C=O) groups is 1. The highest BCUT2D eigenvalue weighted by Crippen LogP contribution is 2.18. The van der Waals surface area contributed by atoms with Gasteiger partial charge in [-0.25, -0.2) is 0 Å². The number of carbonyl (C=O) groups excluding carboxylic acids is 1. The summed E-state index contributed by atoms with van der Waals surface area (Å²) in [6.07, 6.45) is 1.75. The van der Waals surface area contributed by atoms with Gasteiger partial charge in [0.2, 0.25) is 0 Å². The average Bonchev–Trinajstić information content (AvgIpc) is 2.57. The molecule has 5 heteroatoms. The van der Waals surface area contributed by atoms with Crippen LogP contribution in [0.5, 0.6) is 5.75 Å². The number of anilines is 1. The molecular formula is C13H15N3O2. The van der Waals surface area contributed by atoms with E-state index in [4.69, 9.17) is 0 Å². The molecule has 1 amide bonds. The molecule has 0 saturated heterocycles. The summed E-state index contributed by atoms with van der Waals surface area (Å²) in [5.41, 5.74) is 2.72. The number of aromatic nitrogens is 2. The summed E-state index contributed by atoms with van der Waals surface area (Å²) in [6.45, 7) is 3.62. The summed E-state index contributed by atoms with van der Waals surface area (Å²) >= 11 is 0. The molecule has 0 spiro atoms. The maximum atomic E-state index is 12.1. The van der Waals surface area contributed by atoms with E-state index in [0.29, 0.717) is 11.3 Å². The lowest BCUT2D eigenvalue weighted by atomic mass is 10.1. The first-order valence-corrected chi connectivity index (χ1v) is 5.58. The molecule has 0 unspecified atom stereocenters. The monoisotopic (exact) mass is 245 g/mol. The molecule has 0 radical (unpaired) electrons. The molecule has 18 heavy (non-hydrogen) atoms. The minimum Gasteiger partial charge on any atom is -0.508 e. The van der Waals surface area contributed by atoms with Gasteiger partial charge in [0.1, 0.15) is 5.75 Å². The topological polar surface area (TPSA) is 67.2 Å². The number of aromatic hydroxyl groups is 1. The molecule has 0 aliphatic heterocycles. The van der Waals surface area contributed by atoms with Gasteiger partial charge in [0.25, 0.3) is 5.91 Å². The van der Waals surface area contributed by atoms with Crippen LogP contribution >= 0.6 is 0 Å². The molecule has 2 N–H and O–H groups in total. The van der Waals surface area contributed by atoms with Gasteiger partial charge in [-0.15, -0.1) is 0 Å². The van der Waals surface area contributed by atoms with E-state index < -0.39 is 0 Å². The highest BCUT2D eigenvalue weighted by atomic mass is 16.3. The number of benzene rings is 1. The number of aryl methyl sites for hydroxylation is 3. The first-order chi connectivity index (χ1) is 8.47. The summed E-state index contributed by atoms with van der Waals surface area (Å²) in [7, 11) is 1.80. The molecule has 2 rings (SSSR count). The Kier molecular flexibility index (Phi) is 3.06. The van der Waals surface area contributed by atoms with Crippen molar-refractivity contribution in [2.24, 2.45) is 7.05 Å². The number of nitrogens with one attached hydrogen (secondary N) is 1. The second kappa shape index (κ2) is 4.52. The molecular weight excluding hydrogens is 230 g/mol. The van der Waals surface area contributed by atoms with E-state index >= 15 is 0 Å². The molecule has 0 bridgehead atoms. The summed E-state index contributed by atoms with van der Waals surface area (Å²) in [5.74, 6) is -0.0507. The van der Waals surface area contributed by atoms with Gasteiger partial charge in [-0.1, -0.05) is 0 Å². The number of amides is 1. The number of hydrogen-bond donors (Lipinski definition) is 2. The van der Waals surface area contributed by atoms with Crippen LogP contribution < -0.4 is 5.32 Å². The van der Waals surface area contributed by atoms with Crippen LogP contribution in [0.1, 0.15) is 21.6 Å². The van der Waals surface area contributed by atoms with E-state index in [1.54, 1.807) is 37.0 Å². The first kappa shape index (κ1) is 12.2. The quantitative estimate of drug-likeness (QED) is 0.850. The molecule has 2 aromatic rings. The number of rotatable bonds is 2. The number of phenols is 1. The van der Waals surface area contributed by atoms with Crippen LogP contribution in [0.4, 0.5) is 5.69 Å². The van der Waals surface area contributed by atoms with Gasteiger partial charge in [0.05, 0.1) is 11.4 Å². The largest absolute Gasteiger partial charge is 0.508 e. The summed E-state index contributed by atoms with van der Waals surface area (Å²) in [6, 6.07) is 4.66. The smallest absolute Gasteiger partial charge is 0.256 e. The van der Waals surface area contributed by atoms with Crippen LogP contribution in [0.3, 0.4) is 0 Å². The van der Waals surface area contributed by atoms with Gasteiger partial charge in [-0.05, 0) is 37.6 Å². The molecule has 5 nitrogen and oxygen atoms in total. The van der Waals surface area contributed by atoms with Crippen LogP contribution in [-0.2, 0) is 7.05 Å². The third kappa shape index (κ3) is 2.34. The Morgan fingerprint density at radius 1 is 1.39 bits per heavy atom. The highest BCUT2D eigenvalue weighted by Gasteiger charge is 2.12. The second-order valence-corrected chi connectivity index (χ2v) is 4.26. The maximum absolute atomic E-state index is 12.1. The molecule has 0 fully saturated rings. The van der Waals surface area contributed by atoms with Crippen LogP contribution in [-0.4, -0.2) is 20.8 Å². The van der Waals surface area contributed by atoms with Crippen molar-refractivity contribution >= 4 is 11.6 Å². The zero-order valence-corrected chi connectivity index (χ0v) is 10.6. The van der Waals surface area contributed by atoms with Gasteiger partial charge >= 0.3 is 0 Å². The van der Waals surface area contributed by atoms with Crippen LogP contribution in [0.15, 0.2) is 24.4 Å². The van der Waals surface area contributed by atoms with Crippen molar-refractivity contribution in [2.75, 3.05) is 5.32 Å². The molecule has 1 aromatic carbocycles. The van der Waals surface area contributed by atoms with Crippen molar-refractivity contribution in [1.82, 2.24) is 9.78 Å². The maximum Gasteiger partial charge on any atom is 0.256 e. The van der Waals surface area contributed by atoms with Gasteiger partial charge in [0, 0.05) is 18.8 Å². The number of hydrogen-bond acceptors (Lipinski definition) is 3. The van der Waals surface area contributed by atoms with Crippen LogP contribution in [0.25, 0.3) is 0 Å². The standard InChI is InChI=1S/C13H15N3O2/c1-8-6-10(17)4-5-11(8)13(18)14-12-7-16(3)15-9(12)2/h4-7,17H,1-3H3,(H,14,18). The minimum atomic E-state index is -0.205. The summed E-state index contributed by atoms with van der Waals surface area (Å²) in [5, 5.41) is 16.3. The number of nitrogens with zero attached hydrogens (tertiary/aromatic N) is 2. The van der Waals surface area contributed by atoms with Crippen molar-refractivity contribution in [3.63, 3.8) is 0 Å². The molecule has 94 valence electrons. The molecule has 0 aliphatic carbocycles. The first-order valence-electron chi connectivity index (χ1n) is 5.58. The van der Waals surface area contributed by atoms with Crippen molar-refractivity contribution in [3.05, 3.63) is 41.2 Å². The zero-order chi connectivity index (χ0) is 13.3. The Morgan fingerprint density at radius 3 is 2.67 bits per heavy atom. The van der Waals surface area contributed by atoms with E-state index in [-0.39, 0.29) is 11.7 Å². The van der Waals surface area contributed by atoms with Gasteiger partial charge in [0.15, 0.2) is 0 Å². The molecule has 0 atom stereocenters. The normalized spacial score (nSPS) is 10.4. The molecule has 0 saturated carbocycles. The third-order valence-corrected chi connectivity index (χ3v) is 2.72. The third-order valence-electron chi connectivity index (χ3n) is 2.72. The van der Waals surface area contributed by atoms with Gasteiger partial charge in [-0.3, -0.25) is 9.48 Å². The van der Waals surface area contributed by atoms with E-state index in [1.807, 2.05) is 6.92 Å². The van der Waals surface area contributed by atoms with Crippen molar-refractivity contribution in [1.29, 1.82) is 0 Å². The van der Waals surface area contributed by atoms with Crippen LogP contribution in [0, 0.1) is 13.8 Å². The highest BCUT2D eigenvalue weighted by molar-refractivity contribution is 6.05. The Balaban J connectivity index is 2.24. The Bertz CT molecular complexity index is 602. The SMILES string of the molecule is Cc1cc(O)ccc1C(=O)Nc1cn(C)nc1C. The lowest BCUT2D eigenvalue weighted by Gasteiger charge is -2.06. The van der Waals surface area contributed by atoms with E-state index in [0.717, 1.165) is 11.3 Å². The Morgan fingerprint density at radius 2 is 2.11 bits per heavy atom. The predicted molar refractivity (Wildman–Crippen MR) is 68.7 cm³/mol. The van der Waals surface area contributed by atoms with E-state index in [2.05, 4.69) is 10.4 Å². The van der Waals surface area contributed by atoms with E-state index in [1.165, 1.54) is 6.07 Å². The fourth-order valence-electron chi connectivity index (χ4n) is 1.81. The lowest BCUT2D eigenvalue weighted by molar-refractivity contribution is 0.102. The van der Waals surface area contributed by atoms with Crippen molar-refractivity contribution in [2.45, 2.75) is 13.8 Å². The van der Waals surface area contributed by atoms with Crippen molar-refractivity contribution in [3.8, 4) is 5.75 Å².